The zero-order valence-corrected chi connectivity index (χ0v) is 14.6. The summed E-state index contributed by atoms with van der Waals surface area (Å²) in [6.45, 7) is 12.2. The topological polar surface area (TPSA) is 67.8 Å². The van der Waals surface area contributed by atoms with E-state index in [9.17, 15) is 4.79 Å². The lowest BCUT2D eigenvalue weighted by Gasteiger charge is -2.36. The molecule has 1 aliphatic rings. The minimum absolute atomic E-state index is 0.0711. The van der Waals surface area contributed by atoms with Crippen molar-refractivity contribution in [2.24, 2.45) is 0 Å². The average Bonchev–Trinajstić information content (AvgIpc) is 2.45. The van der Waals surface area contributed by atoms with Gasteiger partial charge in [-0.3, -0.25) is 0 Å². The standard InChI is InChI=1S/C16H26N4O3/c1-12(2)22-14-10-13(17-11-18-14)19-6-8-20(9-7-19)15(21)23-16(3,4)5/h10-12H,6-9H2,1-5H3. The molecule has 0 unspecified atom stereocenters. The monoisotopic (exact) mass is 322 g/mol. The van der Waals surface area contributed by atoms with Crippen LogP contribution in [0.3, 0.4) is 0 Å². The molecule has 0 radical (unpaired) electrons. The lowest BCUT2D eigenvalue weighted by Crippen LogP contribution is -2.50. The first-order valence-electron chi connectivity index (χ1n) is 7.96. The Balaban J connectivity index is 1.93. The van der Waals surface area contributed by atoms with Gasteiger partial charge in [-0.1, -0.05) is 0 Å². The maximum Gasteiger partial charge on any atom is 0.410 e. The molecule has 1 fully saturated rings. The SMILES string of the molecule is CC(C)Oc1cc(N2CCN(C(=O)OC(C)(C)C)CC2)ncn1. The van der Waals surface area contributed by atoms with Gasteiger partial charge in [0.05, 0.1) is 6.10 Å². The molecule has 128 valence electrons. The molecule has 1 aromatic heterocycles. The summed E-state index contributed by atoms with van der Waals surface area (Å²) in [5.41, 5.74) is -0.468. The Morgan fingerprint density at radius 2 is 1.83 bits per heavy atom. The quantitative estimate of drug-likeness (QED) is 0.851. The van der Waals surface area contributed by atoms with E-state index in [1.54, 1.807) is 4.90 Å². The Morgan fingerprint density at radius 3 is 2.39 bits per heavy atom. The number of rotatable bonds is 3. The van der Waals surface area contributed by atoms with Crippen LogP contribution in [0.4, 0.5) is 10.6 Å². The van der Waals surface area contributed by atoms with E-state index in [2.05, 4.69) is 14.9 Å². The van der Waals surface area contributed by atoms with E-state index in [-0.39, 0.29) is 12.2 Å². The number of nitrogens with zero attached hydrogens (tertiary/aromatic N) is 4. The molecule has 1 saturated heterocycles. The number of carbonyl (C=O) groups is 1. The van der Waals surface area contributed by atoms with Crippen LogP contribution in [0.15, 0.2) is 12.4 Å². The molecule has 0 spiro atoms. The van der Waals surface area contributed by atoms with Gasteiger partial charge >= 0.3 is 6.09 Å². The summed E-state index contributed by atoms with van der Waals surface area (Å²) in [6, 6.07) is 1.84. The number of aromatic nitrogens is 2. The molecule has 0 atom stereocenters. The molecule has 1 aliphatic heterocycles. The van der Waals surface area contributed by atoms with E-state index in [1.807, 2.05) is 40.7 Å². The zero-order chi connectivity index (χ0) is 17.0. The molecular weight excluding hydrogens is 296 g/mol. The molecule has 0 saturated carbocycles. The molecule has 7 nitrogen and oxygen atoms in total. The fourth-order valence-electron chi connectivity index (χ4n) is 2.25. The van der Waals surface area contributed by atoms with Crippen molar-refractivity contribution in [2.45, 2.75) is 46.3 Å². The molecule has 0 N–H and O–H groups in total. The van der Waals surface area contributed by atoms with Gasteiger partial charge in [-0.2, -0.15) is 0 Å². The lowest BCUT2D eigenvalue weighted by molar-refractivity contribution is 0.0240. The third-order valence-corrected chi connectivity index (χ3v) is 3.24. The van der Waals surface area contributed by atoms with Crippen molar-refractivity contribution in [2.75, 3.05) is 31.1 Å². The fraction of sp³-hybridized carbons (Fsp3) is 0.688. The highest BCUT2D eigenvalue weighted by Crippen LogP contribution is 2.19. The van der Waals surface area contributed by atoms with Crippen LogP contribution in [-0.4, -0.2) is 58.8 Å². The van der Waals surface area contributed by atoms with E-state index in [4.69, 9.17) is 9.47 Å². The molecular formula is C16H26N4O3. The molecule has 2 rings (SSSR count). The Labute approximate surface area is 137 Å². The summed E-state index contributed by atoms with van der Waals surface area (Å²) in [7, 11) is 0. The van der Waals surface area contributed by atoms with Crippen LogP contribution >= 0.6 is 0 Å². The number of hydrogen-bond acceptors (Lipinski definition) is 6. The Kier molecular flexibility index (Phi) is 5.28. The first kappa shape index (κ1) is 17.3. The Hall–Kier alpha value is -2.05. The van der Waals surface area contributed by atoms with Crippen molar-refractivity contribution in [1.29, 1.82) is 0 Å². The predicted octanol–water partition coefficient (Wildman–Crippen LogP) is 2.32. The molecule has 7 heteroatoms. The van der Waals surface area contributed by atoms with E-state index in [0.29, 0.717) is 32.1 Å². The molecule has 23 heavy (non-hydrogen) atoms. The highest BCUT2D eigenvalue weighted by Gasteiger charge is 2.26. The van der Waals surface area contributed by atoms with Gasteiger partial charge in [0.25, 0.3) is 0 Å². The van der Waals surface area contributed by atoms with Crippen LogP contribution in [0.25, 0.3) is 0 Å². The van der Waals surface area contributed by atoms with E-state index in [1.165, 1.54) is 6.33 Å². The Bertz CT molecular complexity index is 534. The van der Waals surface area contributed by atoms with Gasteiger partial charge in [-0.25, -0.2) is 14.8 Å². The van der Waals surface area contributed by atoms with Crippen molar-refractivity contribution in [1.82, 2.24) is 14.9 Å². The van der Waals surface area contributed by atoms with Gasteiger partial charge in [0.2, 0.25) is 5.88 Å². The minimum atomic E-state index is -0.468. The number of anilines is 1. The van der Waals surface area contributed by atoms with Gasteiger partial charge in [-0.05, 0) is 34.6 Å². The van der Waals surface area contributed by atoms with Crippen LogP contribution in [-0.2, 0) is 4.74 Å². The largest absolute Gasteiger partial charge is 0.475 e. The average molecular weight is 322 g/mol. The highest BCUT2D eigenvalue weighted by molar-refractivity contribution is 5.68. The van der Waals surface area contributed by atoms with Gasteiger partial charge in [0.15, 0.2) is 0 Å². The fourth-order valence-corrected chi connectivity index (χ4v) is 2.25. The van der Waals surface area contributed by atoms with Crippen molar-refractivity contribution in [3.8, 4) is 5.88 Å². The van der Waals surface area contributed by atoms with Gasteiger partial charge in [-0.15, -0.1) is 0 Å². The number of hydrogen-bond donors (Lipinski definition) is 0. The van der Waals surface area contributed by atoms with E-state index >= 15 is 0 Å². The minimum Gasteiger partial charge on any atom is -0.475 e. The van der Waals surface area contributed by atoms with E-state index < -0.39 is 5.60 Å². The second-order valence-corrected chi connectivity index (χ2v) is 6.84. The molecule has 2 heterocycles. The normalized spacial score (nSPS) is 15.7. The summed E-state index contributed by atoms with van der Waals surface area (Å²) >= 11 is 0. The molecule has 0 bridgehead atoms. The number of ether oxygens (including phenoxy) is 2. The first-order chi connectivity index (χ1) is 10.7. The van der Waals surface area contributed by atoms with Gasteiger partial charge in [0.1, 0.15) is 17.7 Å². The van der Waals surface area contributed by atoms with Crippen molar-refractivity contribution in [3.05, 3.63) is 12.4 Å². The first-order valence-corrected chi connectivity index (χ1v) is 7.96. The Morgan fingerprint density at radius 1 is 1.17 bits per heavy atom. The van der Waals surface area contributed by atoms with Gasteiger partial charge in [0, 0.05) is 32.2 Å². The maximum atomic E-state index is 12.1. The predicted molar refractivity (Wildman–Crippen MR) is 87.8 cm³/mol. The van der Waals surface area contributed by atoms with Crippen LogP contribution in [0.2, 0.25) is 0 Å². The zero-order valence-electron chi connectivity index (χ0n) is 14.6. The van der Waals surface area contributed by atoms with Crippen LogP contribution in [0, 0.1) is 0 Å². The summed E-state index contributed by atoms with van der Waals surface area (Å²) in [4.78, 5) is 24.3. The molecule has 1 aromatic rings. The summed E-state index contributed by atoms with van der Waals surface area (Å²) < 4.78 is 11.0. The lowest BCUT2D eigenvalue weighted by atomic mass is 10.2. The highest BCUT2D eigenvalue weighted by atomic mass is 16.6. The number of piperazine rings is 1. The molecule has 1 amide bonds. The second kappa shape index (κ2) is 7.02. The molecule has 0 aliphatic carbocycles. The second-order valence-electron chi connectivity index (χ2n) is 6.84. The third kappa shape index (κ3) is 5.26. The summed E-state index contributed by atoms with van der Waals surface area (Å²) in [5.74, 6) is 1.39. The van der Waals surface area contributed by atoms with Crippen LogP contribution < -0.4 is 9.64 Å². The summed E-state index contributed by atoms with van der Waals surface area (Å²) in [6.07, 6.45) is 1.32. The maximum absolute atomic E-state index is 12.1. The molecule has 0 aromatic carbocycles. The van der Waals surface area contributed by atoms with Crippen LogP contribution in [0.5, 0.6) is 5.88 Å². The van der Waals surface area contributed by atoms with E-state index in [0.717, 1.165) is 5.82 Å². The number of carbonyl (C=O) groups excluding carboxylic acids is 1. The smallest absolute Gasteiger partial charge is 0.410 e. The third-order valence-electron chi connectivity index (χ3n) is 3.24. The van der Waals surface area contributed by atoms with Crippen molar-refractivity contribution >= 4 is 11.9 Å². The van der Waals surface area contributed by atoms with Crippen molar-refractivity contribution < 1.29 is 14.3 Å². The summed E-state index contributed by atoms with van der Waals surface area (Å²) in [5, 5.41) is 0. The number of amides is 1. The van der Waals surface area contributed by atoms with Gasteiger partial charge < -0.3 is 19.3 Å². The van der Waals surface area contributed by atoms with Crippen LogP contribution in [0.1, 0.15) is 34.6 Å². The van der Waals surface area contributed by atoms with Crippen molar-refractivity contribution in [3.63, 3.8) is 0 Å².